The molecule has 1 aromatic rings. The van der Waals surface area contributed by atoms with Gasteiger partial charge in [0.2, 0.25) is 0 Å². The number of nitrogens with zero attached hydrogens (tertiary/aromatic N) is 2. The molecule has 7 heteroatoms. The number of aliphatic hydroxyl groups is 1. The van der Waals surface area contributed by atoms with Crippen molar-refractivity contribution < 1.29 is 23.1 Å². The van der Waals surface area contributed by atoms with E-state index in [9.17, 15) is 23.1 Å². The van der Waals surface area contributed by atoms with Gasteiger partial charge in [-0.05, 0) is 37.8 Å². The van der Waals surface area contributed by atoms with Gasteiger partial charge in [0.25, 0.3) is 11.6 Å². The van der Waals surface area contributed by atoms with E-state index in [4.69, 9.17) is 0 Å². The Kier molecular flexibility index (Phi) is 5.03. The Hall–Kier alpha value is -1.89. The highest BCUT2D eigenvalue weighted by Crippen LogP contribution is 2.41. The van der Waals surface area contributed by atoms with Crippen molar-refractivity contribution in [2.24, 2.45) is 11.0 Å². The number of halogens is 3. The summed E-state index contributed by atoms with van der Waals surface area (Å²) in [6.45, 7) is 5.62. The maximum Gasteiger partial charge on any atom is 0.438 e. The van der Waals surface area contributed by atoms with Crippen molar-refractivity contribution in [3.63, 3.8) is 0 Å². The van der Waals surface area contributed by atoms with Crippen molar-refractivity contribution in [2.45, 2.75) is 51.9 Å². The Morgan fingerprint density at radius 2 is 2.08 bits per heavy atom. The molecule has 1 aliphatic rings. The third-order valence-corrected chi connectivity index (χ3v) is 3.96. The topological polar surface area (TPSA) is 52.9 Å². The second-order valence-corrected chi connectivity index (χ2v) is 6.58. The fourth-order valence-corrected chi connectivity index (χ4v) is 2.55. The van der Waals surface area contributed by atoms with Crippen molar-refractivity contribution in [2.75, 3.05) is 0 Å². The standard InChI is InChI=1S/C17H21F3N2O2/c1-11(2)7-8-14-10-16(24,17(18,19)20)22(21-14)15(23)13-6-4-5-12(3)9-13/h4-6,9,11,24H,7-8,10H2,1-3H3. The molecular formula is C17H21F3N2O2. The monoisotopic (exact) mass is 342 g/mol. The summed E-state index contributed by atoms with van der Waals surface area (Å²) in [6.07, 6.45) is -4.75. The lowest BCUT2D eigenvalue weighted by Crippen LogP contribution is -2.56. The van der Waals surface area contributed by atoms with Gasteiger partial charge in [-0.3, -0.25) is 4.79 Å². The van der Waals surface area contributed by atoms with Crippen LogP contribution < -0.4 is 0 Å². The van der Waals surface area contributed by atoms with Crippen LogP contribution in [0, 0.1) is 12.8 Å². The van der Waals surface area contributed by atoms with E-state index in [2.05, 4.69) is 5.10 Å². The summed E-state index contributed by atoms with van der Waals surface area (Å²) in [7, 11) is 0. The molecular weight excluding hydrogens is 321 g/mol. The Balaban J connectivity index is 2.35. The average Bonchev–Trinajstić information content (AvgIpc) is 2.82. The van der Waals surface area contributed by atoms with Crippen LogP contribution in [-0.2, 0) is 0 Å². The van der Waals surface area contributed by atoms with E-state index < -0.39 is 24.2 Å². The van der Waals surface area contributed by atoms with E-state index in [1.807, 2.05) is 13.8 Å². The number of benzene rings is 1. The number of alkyl halides is 3. The van der Waals surface area contributed by atoms with Crippen LogP contribution in [0.2, 0.25) is 0 Å². The van der Waals surface area contributed by atoms with E-state index >= 15 is 0 Å². The third-order valence-electron chi connectivity index (χ3n) is 3.96. The smallest absolute Gasteiger partial charge is 0.362 e. The number of carbonyl (C=O) groups is 1. The third kappa shape index (κ3) is 3.61. The zero-order valence-corrected chi connectivity index (χ0v) is 13.9. The summed E-state index contributed by atoms with van der Waals surface area (Å²) in [5.74, 6) is -0.675. The van der Waals surface area contributed by atoms with Crippen LogP contribution in [0.4, 0.5) is 13.2 Å². The first-order chi connectivity index (χ1) is 11.0. The minimum absolute atomic E-state index is 0.0616. The summed E-state index contributed by atoms with van der Waals surface area (Å²) < 4.78 is 40.2. The van der Waals surface area contributed by atoms with E-state index in [-0.39, 0.29) is 22.2 Å². The lowest BCUT2D eigenvalue weighted by Gasteiger charge is -2.32. The van der Waals surface area contributed by atoms with Crippen molar-refractivity contribution in [1.29, 1.82) is 0 Å². The molecule has 0 spiro atoms. The maximum absolute atomic E-state index is 13.4. The Morgan fingerprint density at radius 1 is 1.42 bits per heavy atom. The van der Waals surface area contributed by atoms with Crippen molar-refractivity contribution in [3.05, 3.63) is 35.4 Å². The molecule has 1 atom stereocenters. The number of aryl methyl sites for hydroxylation is 1. The van der Waals surface area contributed by atoms with E-state index in [1.165, 1.54) is 12.1 Å². The molecule has 0 fully saturated rings. The summed E-state index contributed by atoms with van der Waals surface area (Å²) >= 11 is 0. The van der Waals surface area contributed by atoms with Gasteiger partial charge in [-0.15, -0.1) is 0 Å². The first kappa shape index (κ1) is 18.4. The van der Waals surface area contributed by atoms with Crippen LogP contribution >= 0.6 is 0 Å². The summed E-state index contributed by atoms with van der Waals surface area (Å²) in [4.78, 5) is 12.5. The maximum atomic E-state index is 13.4. The highest BCUT2D eigenvalue weighted by atomic mass is 19.4. The minimum atomic E-state index is -4.99. The van der Waals surface area contributed by atoms with Crippen LogP contribution in [0.3, 0.4) is 0 Å². The van der Waals surface area contributed by atoms with Gasteiger partial charge < -0.3 is 5.11 Å². The highest BCUT2D eigenvalue weighted by molar-refractivity contribution is 5.98. The lowest BCUT2D eigenvalue weighted by atomic mass is 9.99. The number of hydrogen-bond donors (Lipinski definition) is 1. The van der Waals surface area contributed by atoms with Gasteiger partial charge in [-0.1, -0.05) is 31.5 Å². The van der Waals surface area contributed by atoms with Gasteiger partial charge >= 0.3 is 6.18 Å². The minimum Gasteiger partial charge on any atom is -0.362 e. The molecule has 1 unspecified atom stereocenters. The highest BCUT2D eigenvalue weighted by Gasteiger charge is 2.63. The second-order valence-electron chi connectivity index (χ2n) is 6.58. The zero-order valence-electron chi connectivity index (χ0n) is 13.9. The van der Waals surface area contributed by atoms with Crippen LogP contribution in [0.15, 0.2) is 29.4 Å². The summed E-state index contributed by atoms with van der Waals surface area (Å²) in [6, 6.07) is 6.19. The molecule has 0 aliphatic carbocycles. The van der Waals surface area contributed by atoms with Crippen LogP contribution in [0.1, 0.15) is 49.0 Å². The summed E-state index contributed by atoms with van der Waals surface area (Å²) in [5.41, 5.74) is -2.31. The SMILES string of the molecule is Cc1cccc(C(=O)N2N=C(CCC(C)C)CC2(O)C(F)(F)F)c1. The van der Waals surface area contributed by atoms with E-state index in [1.54, 1.807) is 19.1 Å². The normalized spacial score (nSPS) is 21.3. The fraction of sp³-hybridized carbons (Fsp3) is 0.529. The van der Waals surface area contributed by atoms with Crippen molar-refractivity contribution >= 4 is 11.6 Å². The van der Waals surface area contributed by atoms with Gasteiger partial charge in [0, 0.05) is 17.7 Å². The number of hydrogen-bond acceptors (Lipinski definition) is 3. The molecule has 1 amide bonds. The lowest BCUT2D eigenvalue weighted by molar-refractivity contribution is -0.297. The van der Waals surface area contributed by atoms with Crippen molar-refractivity contribution in [3.8, 4) is 0 Å². The second kappa shape index (κ2) is 6.55. The largest absolute Gasteiger partial charge is 0.438 e. The average molecular weight is 342 g/mol. The van der Waals surface area contributed by atoms with Gasteiger partial charge in [-0.25, -0.2) is 0 Å². The quantitative estimate of drug-likeness (QED) is 0.903. The Labute approximate surface area is 139 Å². The molecule has 0 bridgehead atoms. The van der Waals surface area contributed by atoms with Gasteiger partial charge in [0.05, 0.1) is 0 Å². The molecule has 1 aromatic carbocycles. The zero-order chi connectivity index (χ0) is 18.1. The first-order valence-corrected chi connectivity index (χ1v) is 7.81. The predicted octanol–water partition coefficient (Wildman–Crippen LogP) is 3.88. The van der Waals surface area contributed by atoms with Crippen molar-refractivity contribution in [1.82, 2.24) is 5.01 Å². The van der Waals surface area contributed by atoms with E-state index in [0.29, 0.717) is 12.8 Å². The Bertz CT molecular complexity index is 655. The number of rotatable bonds is 4. The molecule has 24 heavy (non-hydrogen) atoms. The molecule has 0 saturated heterocycles. The molecule has 132 valence electrons. The number of carbonyl (C=O) groups excluding carboxylic acids is 1. The van der Waals surface area contributed by atoms with E-state index in [0.717, 1.165) is 5.56 Å². The molecule has 1 N–H and O–H groups in total. The van der Waals surface area contributed by atoms with Crippen LogP contribution in [-0.4, -0.2) is 33.6 Å². The van der Waals surface area contributed by atoms with Gasteiger partial charge in [-0.2, -0.15) is 23.3 Å². The van der Waals surface area contributed by atoms with Crippen LogP contribution in [0.5, 0.6) is 0 Å². The molecule has 0 saturated carbocycles. The fourth-order valence-electron chi connectivity index (χ4n) is 2.55. The molecule has 4 nitrogen and oxygen atoms in total. The Morgan fingerprint density at radius 3 is 2.62 bits per heavy atom. The predicted molar refractivity (Wildman–Crippen MR) is 84.5 cm³/mol. The molecule has 1 aliphatic heterocycles. The summed E-state index contributed by atoms with van der Waals surface area (Å²) in [5, 5.41) is 14.2. The number of amides is 1. The molecule has 1 heterocycles. The molecule has 0 aromatic heterocycles. The molecule has 2 rings (SSSR count). The first-order valence-electron chi connectivity index (χ1n) is 7.81. The van der Waals surface area contributed by atoms with Crippen LogP contribution in [0.25, 0.3) is 0 Å². The van der Waals surface area contributed by atoms with Gasteiger partial charge in [0.15, 0.2) is 0 Å². The number of hydrazone groups is 1. The molecule has 0 radical (unpaired) electrons. The van der Waals surface area contributed by atoms with Gasteiger partial charge in [0.1, 0.15) is 0 Å².